The highest BCUT2D eigenvalue weighted by molar-refractivity contribution is 5.78. The third-order valence-corrected chi connectivity index (χ3v) is 8.90. The molecular formula is C29H36N4O2. The molecule has 0 atom stereocenters. The van der Waals surface area contributed by atoms with E-state index in [1.165, 1.54) is 5.56 Å². The number of nitriles is 1. The van der Waals surface area contributed by atoms with Crippen molar-refractivity contribution in [2.75, 3.05) is 27.2 Å². The van der Waals surface area contributed by atoms with Gasteiger partial charge in [0.2, 0.25) is 0 Å². The van der Waals surface area contributed by atoms with Gasteiger partial charge in [0.1, 0.15) is 0 Å². The summed E-state index contributed by atoms with van der Waals surface area (Å²) in [6, 6.07) is 20.5. The molecule has 0 radical (unpaired) electrons. The first-order valence-corrected chi connectivity index (χ1v) is 12.8. The summed E-state index contributed by atoms with van der Waals surface area (Å²) in [4.78, 5) is 20.1. The molecule has 2 aliphatic carbocycles. The van der Waals surface area contributed by atoms with Crippen LogP contribution in [0.25, 0.3) is 0 Å². The molecule has 2 amide bonds. The minimum atomic E-state index is -0.755. The van der Waals surface area contributed by atoms with Crippen LogP contribution in [0.3, 0.4) is 0 Å². The molecule has 6 nitrogen and oxygen atoms in total. The first-order valence-electron chi connectivity index (χ1n) is 12.8. The molecule has 0 unspecified atom stereocenters. The fraction of sp³-hybridized carbons (Fsp3) is 0.517. The Labute approximate surface area is 208 Å². The molecule has 184 valence electrons. The van der Waals surface area contributed by atoms with Crippen LogP contribution in [0.4, 0.5) is 4.79 Å². The summed E-state index contributed by atoms with van der Waals surface area (Å²) < 4.78 is 0. The normalized spacial score (nSPS) is 27.8. The molecule has 1 spiro atoms. The Balaban J connectivity index is 1.42. The van der Waals surface area contributed by atoms with Crippen LogP contribution in [0.15, 0.2) is 54.6 Å². The van der Waals surface area contributed by atoms with Crippen LogP contribution in [-0.2, 0) is 12.1 Å². The lowest BCUT2D eigenvalue weighted by Gasteiger charge is -2.52. The van der Waals surface area contributed by atoms with E-state index in [0.717, 1.165) is 50.5 Å². The molecule has 2 aromatic carbocycles. The maximum absolute atomic E-state index is 13.8. The van der Waals surface area contributed by atoms with E-state index in [4.69, 9.17) is 0 Å². The molecule has 1 N–H and O–H groups in total. The lowest BCUT2D eigenvalue weighted by atomic mass is 9.67. The van der Waals surface area contributed by atoms with Crippen LogP contribution < -0.4 is 0 Å². The van der Waals surface area contributed by atoms with E-state index >= 15 is 0 Å². The van der Waals surface area contributed by atoms with Gasteiger partial charge in [-0.2, -0.15) is 5.26 Å². The number of carbonyl (C=O) groups is 1. The average Bonchev–Trinajstić information content (AvgIpc) is 3.09. The quantitative estimate of drug-likeness (QED) is 0.673. The summed E-state index contributed by atoms with van der Waals surface area (Å²) in [5, 5.41) is 20.4. The lowest BCUT2D eigenvalue weighted by molar-refractivity contribution is -0.0725. The van der Waals surface area contributed by atoms with Crippen molar-refractivity contribution in [2.24, 2.45) is 0 Å². The molecule has 1 heterocycles. The van der Waals surface area contributed by atoms with Crippen LogP contribution in [0.2, 0.25) is 0 Å². The summed E-state index contributed by atoms with van der Waals surface area (Å²) >= 11 is 0. The second-order valence-electron chi connectivity index (χ2n) is 11.1. The lowest BCUT2D eigenvalue weighted by Crippen LogP contribution is -2.59. The van der Waals surface area contributed by atoms with E-state index in [0.29, 0.717) is 25.2 Å². The number of β-amino-alcohol motifs (C(OH)–C–C–N with tert-alkyl or cyclic N) is 1. The Hall–Kier alpha value is -2.88. The van der Waals surface area contributed by atoms with Crippen LogP contribution >= 0.6 is 0 Å². The molecule has 0 aromatic heterocycles. The minimum absolute atomic E-state index is 0.0183. The number of benzene rings is 2. The Bertz CT molecular complexity index is 1110. The highest BCUT2D eigenvalue weighted by Crippen LogP contribution is 2.50. The van der Waals surface area contributed by atoms with Gasteiger partial charge in [0.05, 0.1) is 29.3 Å². The zero-order valence-corrected chi connectivity index (χ0v) is 20.9. The number of aliphatic hydroxyl groups is 1. The summed E-state index contributed by atoms with van der Waals surface area (Å²) in [6.45, 7) is 1.57. The fourth-order valence-electron chi connectivity index (χ4n) is 6.54. The number of carbonyl (C=O) groups excluding carboxylic acids is 1. The molecule has 1 aliphatic heterocycles. The molecule has 6 heteroatoms. The van der Waals surface area contributed by atoms with Crippen molar-refractivity contribution in [3.8, 4) is 6.07 Å². The van der Waals surface area contributed by atoms with Gasteiger partial charge in [0.25, 0.3) is 0 Å². The van der Waals surface area contributed by atoms with Gasteiger partial charge in [-0.15, -0.1) is 0 Å². The van der Waals surface area contributed by atoms with Gasteiger partial charge in [0.15, 0.2) is 0 Å². The Morgan fingerprint density at radius 2 is 1.71 bits per heavy atom. The SMILES string of the molecule is CN(C)C1(c2ccccc2)CCC2(CC1)CN(Cc1cccc(C#N)c1)C(=O)N2CC1(O)CCC1. The maximum atomic E-state index is 13.8. The monoisotopic (exact) mass is 472 g/mol. The van der Waals surface area contributed by atoms with Crippen LogP contribution in [-0.4, -0.2) is 64.2 Å². The zero-order chi connectivity index (χ0) is 24.7. The first kappa shape index (κ1) is 23.8. The van der Waals surface area contributed by atoms with Gasteiger partial charge in [0, 0.05) is 18.6 Å². The predicted octanol–water partition coefficient (Wildman–Crippen LogP) is 4.48. The van der Waals surface area contributed by atoms with E-state index in [-0.39, 0.29) is 17.1 Å². The largest absolute Gasteiger partial charge is 0.388 e. The van der Waals surface area contributed by atoms with Gasteiger partial charge >= 0.3 is 6.03 Å². The van der Waals surface area contributed by atoms with Crippen LogP contribution in [0, 0.1) is 11.3 Å². The Kier molecular flexibility index (Phi) is 6.11. The fourth-order valence-corrected chi connectivity index (χ4v) is 6.54. The van der Waals surface area contributed by atoms with E-state index in [1.54, 1.807) is 6.07 Å². The summed E-state index contributed by atoms with van der Waals surface area (Å²) in [5.74, 6) is 0. The highest BCUT2D eigenvalue weighted by Gasteiger charge is 2.56. The number of nitrogens with zero attached hydrogens (tertiary/aromatic N) is 4. The molecule has 1 saturated heterocycles. The van der Waals surface area contributed by atoms with E-state index in [2.05, 4.69) is 55.4 Å². The van der Waals surface area contributed by atoms with Gasteiger partial charge in [-0.05, 0) is 82.3 Å². The maximum Gasteiger partial charge on any atom is 0.321 e. The van der Waals surface area contributed by atoms with Gasteiger partial charge in [-0.25, -0.2) is 4.79 Å². The smallest absolute Gasteiger partial charge is 0.321 e. The standard InChI is InChI=1S/C29H36N4O2/c1-31(2)29(25-10-4-3-5-11-25)16-14-27(15-17-29)21-32(20-24-9-6-8-23(18-24)19-30)26(34)33(27)22-28(35)12-7-13-28/h3-6,8-11,18,35H,7,12-17,20-22H2,1-2H3. The first-order chi connectivity index (χ1) is 16.8. The van der Waals surface area contributed by atoms with Gasteiger partial charge in [-0.1, -0.05) is 42.5 Å². The van der Waals surface area contributed by atoms with Crippen LogP contribution in [0.5, 0.6) is 0 Å². The second-order valence-corrected chi connectivity index (χ2v) is 11.1. The molecule has 2 saturated carbocycles. The Morgan fingerprint density at radius 3 is 2.31 bits per heavy atom. The predicted molar refractivity (Wildman–Crippen MR) is 135 cm³/mol. The molecule has 0 bridgehead atoms. The second kappa shape index (κ2) is 8.96. The summed E-state index contributed by atoms with van der Waals surface area (Å²) in [5.41, 5.74) is 1.83. The zero-order valence-electron chi connectivity index (χ0n) is 20.9. The number of rotatable bonds is 6. The molecular weight excluding hydrogens is 436 g/mol. The highest BCUT2D eigenvalue weighted by atomic mass is 16.3. The summed E-state index contributed by atoms with van der Waals surface area (Å²) in [6.07, 6.45) is 6.28. The molecule has 3 aliphatic rings. The van der Waals surface area contributed by atoms with E-state index in [1.807, 2.05) is 28.0 Å². The van der Waals surface area contributed by atoms with Crippen molar-refractivity contribution < 1.29 is 9.90 Å². The number of urea groups is 1. The molecule has 2 aromatic rings. The molecule has 35 heavy (non-hydrogen) atoms. The number of hydrogen-bond acceptors (Lipinski definition) is 4. The molecule has 3 fully saturated rings. The average molecular weight is 473 g/mol. The van der Waals surface area contributed by atoms with Crippen molar-refractivity contribution >= 4 is 6.03 Å². The van der Waals surface area contributed by atoms with Crippen LogP contribution in [0.1, 0.15) is 61.6 Å². The topological polar surface area (TPSA) is 70.8 Å². The van der Waals surface area contributed by atoms with Crippen molar-refractivity contribution in [3.05, 3.63) is 71.3 Å². The van der Waals surface area contributed by atoms with Crippen molar-refractivity contribution in [3.63, 3.8) is 0 Å². The van der Waals surface area contributed by atoms with E-state index in [9.17, 15) is 15.2 Å². The third-order valence-electron chi connectivity index (χ3n) is 8.90. The summed E-state index contributed by atoms with van der Waals surface area (Å²) in [7, 11) is 4.32. The number of amides is 2. The third kappa shape index (κ3) is 4.22. The van der Waals surface area contributed by atoms with E-state index < -0.39 is 5.60 Å². The minimum Gasteiger partial charge on any atom is -0.388 e. The molecule has 5 rings (SSSR count). The van der Waals surface area contributed by atoms with Gasteiger partial charge < -0.3 is 14.9 Å². The van der Waals surface area contributed by atoms with Crippen molar-refractivity contribution in [1.29, 1.82) is 5.26 Å². The van der Waals surface area contributed by atoms with Crippen molar-refractivity contribution in [1.82, 2.24) is 14.7 Å². The van der Waals surface area contributed by atoms with Gasteiger partial charge in [-0.3, -0.25) is 4.90 Å². The Morgan fingerprint density at radius 1 is 1.00 bits per heavy atom. The van der Waals surface area contributed by atoms with Crippen molar-refractivity contribution in [2.45, 2.75) is 68.2 Å². The number of hydrogen-bond donors (Lipinski definition) is 1.